The van der Waals surface area contributed by atoms with Crippen molar-refractivity contribution in [2.75, 3.05) is 11.9 Å². The van der Waals surface area contributed by atoms with Gasteiger partial charge < -0.3 is 5.32 Å². The minimum absolute atomic E-state index is 0.217. The fourth-order valence-electron chi connectivity index (χ4n) is 1.74. The van der Waals surface area contributed by atoms with Gasteiger partial charge in [-0.05, 0) is 31.9 Å². The lowest BCUT2D eigenvalue weighted by molar-refractivity contribution is -0.386. The quantitative estimate of drug-likeness (QED) is 0.567. The Labute approximate surface area is 124 Å². The summed E-state index contributed by atoms with van der Waals surface area (Å²) in [6.45, 7) is 6.00. The molecule has 0 bridgehead atoms. The van der Waals surface area contributed by atoms with Crippen molar-refractivity contribution in [1.82, 2.24) is 4.72 Å². The van der Waals surface area contributed by atoms with Crippen LogP contribution < -0.4 is 10.0 Å². The first-order valence-electron chi connectivity index (χ1n) is 6.87. The first-order chi connectivity index (χ1) is 9.83. The van der Waals surface area contributed by atoms with Gasteiger partial charge in [0.2, 0.25) is 10.0 Å². The van der Waals surface area contributed by atoms with Gasteiger partial charge in [-0.2, -0.15) is 0 Å². The number of hydrogen-bond donors (Lipinski definition) is 2. The van der Waals surface area contributed by atoms with Crippen LogP contribution in [-0.2, 0) is 10.0 Å². The third-order valence-electron chi connectivity index (χ3n) is 3.01. The second-order valence-corrected chi connectivity index (χ2v) is 6.45. The largest absolute Gasteiger partial charge is 0.379 e. The van der Waals surface area contributed by atoms with Crippen molar-refractivity contribution in [3.8, 4) is 0 Å². The molecule has 8 heteroatoms. The van der Waals surface area contributed by atoms with Crippen LogP contribution in [0.3, 0.4) is 0 Å². The number of rotatable bonds is 8. The third kappa shape index (κ3) is 4.40. The molecule has 0 aliphatic rings. The Bertz CT molecular complexity index is 601. The molecule has 0 saturated heterocycles. The van der Waals surface area contributed by atoms with Crippen molar-refractivity contribution in [1.29, 1.82) is 0 Å². The van der Waals surface area contributed by atoms with Gasteiger partial charge in [0.05, 0.1) is 4.92 Å². The standard InChI is InChI=1S/C13H21N3O4S/c1-4-9-14-11-7-6-8-12(13(11)16(17)18)21(19,20)15-10(3)5-2/h6-8,10,14-15H,4-5,9H2,1-3H3. The van der Waals surface area contributed by atoms with E-state index < -0.39 is 20.6 Å². The molecule has 0 aromatic heterocycles. The molecule has 118 valence electrons. The molecule has 0 spiro atoms. The summed E-state index contributed by atoms with van der Waals surface area (Å²) in [7, 11) is -3.93. The van der Waals surface area contributed by atoms with Crippen LogP contribution in [0.2, 0.25) is 0 Å². The lowest BCUT2D eigenvalue weighted by atomic mass is 10.2. The summed E-state index contributed by atoms with van der Waals surface area (Å²) in [5, 5.41) is 14.2. The molecule has 1 rings (SSSR count). The van der Waals surface area contributed by atoms with Crippen molar-refractivity contribution in [3.05, 3.63) is 28.3 Å². The number of anilines is 1. The predicted molar refractivity (Wildman–Crippen MR) is 82.0 cm³/mol. The highest BCUT2D eigenvalue weighted by Gasteiger charge is 2.29. The van der Waals surface area contributed by atoms with Crippen molar-refractivity contribution >= 4 is 21.4 Å². The van der Waals surface area contributed by atoms with Crippen molar-refractivity contribution in [2.45, 2.75) is 44.6 Å². The van der Waals surface area contributed by atoms with Gasteiger partial charge in [-0.15, -0.1) is 0 Å². The average Bonchev–Trinajstić information content (AvgIpc) is 2.43. The lowest BCUT2D eigenvalue weighted by Crippen LogP contribution is -2.32. The molecule has 0 heterocycles. The topological polar surface area (TPSA) is 101 Å². The van der Waals surface area contributed by atoms with Crippen molar-refractivity contribution < 1.29 is 13.3 Å². The van der Waals surface area contributed by atoms with E-state index in [4.69, 9.17) is 0 Å². The minimum atomic E-state index is -3.93. The Hall–Kier alpha value is -1.67. The van der Waals surface area contributed by atoms with E-state index in [2.05, 4.69) is 10.0 Å². The maximum atomic E-state index is 12.3. The van der Waals surface area contributed by atoms with Crippen LogP contribution in [0.4, 0.5) is 11.4 Å². The van der Waals surface area contributed by atoms with Gasteiger partial charge in [0.1, 0.15) is 5.69 Å². The molecule has 2 N–H and O–H groups in total. The van der Waals surface area contributed by atoms with Crippen LogP contribution >= 0.6 is 0 Å². The Balaban J connectivity index is 3.32. The second kappa shape index (κ2) is 7.37. The third-order valence-corrected chi connectivity index (χ3v) is 4.63. The van der Waals surface area contributed by atoms with Gasteiger partial charge in [0.15, 0.2) is 4.90 Å². The smallest absolute Gasteiger partial charge is 0.312 e. The van der Waals surface area contributed by atoms with Crippen LogP contribution in [0.1, 0.15) is 33.6 Å². The van der Waals surface area contributed by atoms with Gasteiger partial charge in [-0.3, -0.25) is 10.1 Å². The van der Waals surface area contributed by atoms with Crippen LogP contribution in [0.5, 0.6) is 0 Å². The molecule has 0 radical (unpaired) electrons. The molecule has 0 amide bonds. The predicted octanol–water partition coefficient (Wildman–Crippen LogP) is 2.49. The number of para-hydroxylation sites is 1. The monoisotopic (exact) mass is 315 g/mol. The summed E-state index contributed by atoms with van der Waals surface area (Å²) in [6.07, 6.45) is 1.38. The van der Waals surface area contributed by atoms with Gasteiger partial charge in [0, 0.05) is 12.6 Å². The molecule has 0 aliphatic carbocycles. The molecule has 21 heavy (non-hydrogen) atoms. The molecule has 0 aliphatic heterocycles. The highest BCUT2D eigenvalue weighted by atomic mass is 32.2. The zero-order valence-corrected chi connectivity index (χ0v) is 13.2. The minimum Gasteiger partial charge on any atom is -0.379 e. The van der Waals surface area contributed by atoms with Gasteiger partial charge in [-0.25, -0.2) is 13.1 Å². The summed E-state index contributed by atoms with van der Waals surface area (Å²) in [5.74, 6) is 0. The number of nitrogens with one attached hydrogen (secondary N) is 2. The zero-order valence-electron chi connectivity index (χ0n) is 12.4. The first kappa shape index (κ1) is 17.4. The molecule has 1 aromatic carbocycles. The van der Waals surface area contributed by atoms with E-state index >= 15 is 0 Å². The number of benzene rings is 1. The van der Waals surface area contributed by atoms with E-state index in [1.165, 1.54) is 18.2 Å². The SMILES string of the molecule is CCCNc1cccc(S(=O)(=O)NC(C)CC)c1[N+](=O)[O-]. The van der Waals surface area contributed by atoms with Crippen LogP contribution in [0.15, 0.2) is 23.1 Å². The van der Waals surface area contributed by atoms with E-state index in [1.54, 1.807) is 6.92 Å². The average molecular weight is 315 g/mol. The summed E-state index contributed by atoms with van der Waals surface area (Å²) >= 11 is 0. The Morgan fingerprint density at radius 1 is 1.33 bits per heavy atom. The fraction of sp³-hybridized carbons (Fsp3) is 0.538. The van der Waals surface area contributed by atoms with Gasteiger partial charge >= 0.3 is 5.69 Å². The normalized spacial score (nSPS) is 12.9. The van der Waals surface area contributed by atoms with E-state index in [-0.39, 0.29) is 16.6 Å². The number of nitro benzene ring substituents is 1. The van der Waals surface area contributed by atoms with E-state index in [9.17, 15) is 18.5 Å². The maximum absolute atomic E-state index is 12.3. The summed E-state index contributed by atoms with van der Waals surface area (Å²) in [6, 6.07) is 3.97. The van der Waals surface area contributed by atoms with Crippen molar-refractivity contribution in [2.24, 2.45) is 0 Å². The van der Waals surface area contributed by atoms with Crippen LogP contribution in [-0.4, -0.2) is 25.9 Å². The molecular weight excluding hydrogens is 294 g/mol. The fourth-order valence-corrected chi connectivity index (χ4v) is 3.26. The summed E-state index contributed by atoms with van der Waals surface area (Å²) in [4.78, 5) is 10.3. The highest BCUT2D eigenvalue weighted by Crippen LogP contribution is 2.32. The molecular formula is C13H21N3O4S. The summed E-state index contributed by atoms with van der Waals surface area (Å²) in [5.41, 5.74) is -0.198. The highest BCUT2D eigenvalue weighted by molar-refractivity contribution is 7.89. The van der Waals surface area contributed by atoms with Gasteiger partial charge in [0.25, 0.3) is 0 Å². The van der Waals surface area contributed by atoms with Gasteiger partial charge in [-0.1, -0.05) is 19.9 Å². The molecule has 0 saturated carbocycles. The molecule has 7 nitrogen and oxygen atoms in total. The molecule has 1 unspecified atom stereocenters. The first-order valence-corrected chi connectivity index (χ1v) is 8.35. The number of sulfonamides is 1. The number of hydrogen-bond acceptors (Lipinski definition) is 5. The molecule has 0 fully saturated rings. The molecule has 1 atom stereocenters. The lowest BCUT2D eigenvalue weighted by Gasteiger charge is -2.14. The Kier molecular flexibility index (Phi) is 6.10. The zero-order chi connectivity index (χ0) is 16.0. The van der Waals surface area contributed by atoms with Crippen molar-refractivity contribution in [3.63, 3.8) is 0 Å². The summed E-state index contributed by atoms with van der Waals surface area (Å²) < 4.78 is 27.1. The number of nitrogens with zero attached hydrogens (tertiary/aromatic N) is 1. The Morgan fingerprint density at radius 3 is 2.52 bits per heavy atom. The van der Waals surface area contributed by atoms with E-state index in [1.807, 2.05) is 13.8 Å². The maximum Gasteiger partial charge on any atom is 0.312 e. The molecule has 1 aromatic rings. The number of nitro groups is 1. The van der Waals surface area contributed by atoms with E-state index in [0.29, 0.717) is 13.0 Å². The second-order valence-electron chi connectivity index (χ2n) is 4.77. The van der Waals surface area contributed by atoms with Crippen LogP contribution in [0, 0.1) is 10.1 Å². The van der Waals surface area contributed by atoms with Crippen LogP contribution in [0.25, 0.3) is 0 Å². The van der Waals surface area contributed by atoms with E-state index in [0.717, 1.165) is 6.42 Å². The Morgan fingerprint density at radius 2 is 2.00 bits per heavy atom.